The lowest BCUT2D eigenvalue weighted by molar-refractivity contribution is 0.0984. The van der Waals surface area contributed by atoms with Gasteiger partial charge in [0.2, 0.25) is 10.0 Å². The van der Waals surface area contributed by atoms with Gasteiger partial charge in [-0.3, -0.25) is 4.72 Å². The van der Waals surface area contributed by atoms with E-state index in [4.69, 9.17) is 22.1 Å². The number of hydrogen-bond donors (Lipinski definition) is 2. The van der Waals surface area contributed by atoms with Crippen LogP contribution in [0.2, 0.25) is 5.02 Å². The Morgan fingerprint density at radius 2 is 2.10 bits per heavy atom. The van der Waals surface area contributed by atoms with Gasteiger partial charge in [-0.15, -0.1) is 0 Å². The SMILES string of the molecule is NCC#Cc1ccc(Cl)c(NS(=O)(=O)C2CCOCC2)c1. The lowest BCUT2D eigenvalue weighted by Gasteiger charge is -2.23. The number of benzene rings is 1. The van der Waals surface area contributed by atoms with Gasteiger partial charge in [-0.05, 0) is 31.0 Å². The highest BCUT2D eigenvalue weighted by Gasteiger charge is 2.28. The van der Waals surface area contributed by atoms with Crippen LogP contribution in [0.1, 0.15) is 18.4 Å². The highest BCUT2D eigenvalue weighted by atomic mass is 35.5. The largest absolute Gasteiger partial charge is 0.381 e. The minimum atomic E-state index is -3.48. The molecule has 0 spiro atoms. The first-order valence-electron chi connectivity index (χ1n) is 6.61. The van der Waals surface area contributed by atoms with E-state index in [0.29, 0.717) is 42.3 Å². The first-order valence-corrected chi connectivity index (χ1v) is 8.53. The highest BCUT2D eigenvalue weighted by Crippen LogP contribution is 2.26. The Balaban J connectivity index is 2.21. The molecule has 0 atom stereocenters. The number of anilines is 1. The van der Waals surface area contributed by atoms with Crippen molar-refractivity contribution in [1.29, 1.82) is 0 Å². The van der Waals surface area contributed by atoms with Crippen molar-refractivity contribution in [3.05, 3.63) is 28.8 Å². The molecule has 0 unspecified atom stereocenters. The van der Waals surface area contributed by atoms with E-state index >= 15 is 0 Å². The average molecular weight is 329 g/mol. The van der Waals surface area contributed by atoms with E-state index in [0.717, 1.165) is 0 Å². The maximum absolute atomic E-state index is 12.4. The summed E-state index contributed by atoms with van der Waals surface area (Å²) < 4.78 is 32.4. The molecule has 2 rings (SSSR count). The van der Waals surface area contributed by atoms with Gasteiger partial charge in [0.15, 0.2) is 0 Å². The third kappa shape index (κ3) is 4.35. The monoisotopic (exact) mass is 328 g/mol. The molecular weight excluding hydrogens is 312 g/mol. The van der Waals surface area contributed by atoms with Crippen LogP contribution < -0.4 is 10.5 Å². The van der Waals surface area contributed by atoms with E-state index in [1.54, 1.807) is 18.2 Å². The molecule has 0 amide bonds. The van der Waals surface area contributed by atoms with Crippen molar-refractivity contribution < 1.29 is 13.2 Å². The lowest BCUT2D eigenvalue weighted by atomic mass is 10.2. The highest BCUT2D eigenvalue weighted by molar-refractivity contribution is 7.93. The fourth-order valence-corrected chi connectivity index (χ4v) is 3.73. The Morgan fingerprint density at radius 3 is 2.76 bits per heavy atom. The molecule has 0 aliphatic carbocycles. The molecule has 7 heteroatoms. The normalized spacial score (nSPS) is 16.1. The maximum atomic E-state index is 12.4. The number of nitrogens with two attached hydrogens (primary N) is 1. The Hall–Kier alpha value is -1.26. The van der Waals surface area contributed by atoms with Crippen molar-refractivity contribution in [2.24, 2.45) is 5.73 Å². The van der Waals surface area contributed by atoms with Crippen molar-refractivity contribution >= 4 is 27.3 Å². The van der Waals surface area contributed by atoms with Gasteiger partial charge in [0.05, 0.1) is 22.5 Å². The van der Waals surface area contributed by atoms with Crippen LogP contribution >= 0.6 is 11.6 Å². The van der Waals surface area contributed by atoms with E-state index in [-0.39, 0.29) is 6.54 Å². The van der Waals surface area contributed by atoms with Crippen molar-refractivity contribution in [2.45, 2.75) is 18.1 Å². The van der Waals surface area contributed by atoms with Crippen LogP contribution in [0.3, 0.4) is 0 Å². The summed E-state index contributed by atoms with van der Waals surface area (Å²) >= 11 is 6.05. The van der Waals surface area contributed by atoms with Crippen molar-refractivity contribution in [3.63, 3.8) is 0 Å². The fraction of sp³-hybridized carbons (Fsp3) is 0.429. The molecular formula is C14H17ClN2O3S. The Morgan fingerprint density at radius 1 is 1.38 bits per heavy atom. The topological polar surface area (TPSA) is 81.4 Å². The van der Waals surface area contributed by atoms with Gasteiger partial charge in [-0.25, -0.2) is 8.42 Å². The minimum Gasteiger partial charge on any atom is -0.381 e. The van der Waals surface area contributed by atoms with Crippen LogP contribution in [-0.2, 0) is 14.8 Å². The van der Waals surface area contributed by atoms with Gasteiger partial charge in [-0.2, -0.15) is 0 Å². The zero-order valence-corrected chi connectivity index (χ0v) is 13.0. The summed E-state index contributed by atoms with van der Waals surface area (Å²) in [6.45, 7) is 1.16. The second-order valence-electron chi connectivity index (χ2n) is 4.66. The molecule has 1 heterocycles. The molecule has 1 aliphatic rings. The van der Waals surface area contributed by atoms with E-state index in [2.05, 4.69) is 16.6 Å². The molecule has 1 aliphatic heterocycles. The van der Waals surface area contributed by atoms with Crippen LogP contribution in [0.4, 0.5) is 5.69 Å². The third-order valence-electron chi connectivity index (χ3n) is 3.16. The first-order chi connectivity index (χ1) is 10.0. The summed E-state index contributed by atoms with van der Waals surface area (Å²) in [5, 5.41) is -0.120. The van der Waals surface area contributed by atoms with Crippen molar-refractivity contribution in [3.8, 4) is 11.8 Å². The van der Waals surface area contributed by atoms with E-state index in [1.807, 2.05) is 0 Å². The molecule has 3 N–H and O–H groups in total. The van der Waals surface area contributed by atoms with Crippen LogP contribution in [0.5, 0.6) is 0 Å². The summed E-state index contributed by atoms with van der Waals surface area (Å²) in [5.74, 6) is 5.57. The molecule has 0 aromatic heterocycles. The molecule has 0 radical (unpaired) electrons. The zero-order chi connectivity index (χ0) is 15.3. The summed E-state index contributed by atoms with van der Waals surface area (Å²) in [4.78, 5) is 0. The van der Waals surface area contributed by atoms with E-state index < -0.39 is 15.3 Å². The second-order valence-corrected chi connectivity index (χ2v) is 7.03. The minimum absolute atomic E-state index is 0.242. The van der Waals surface area contributed by atoms with Gasteiger partial charge < -0.3 is 10.5 Å². The second kappa shape index (κ2) is 7.14. The average Bonchev–Trinajstić information content (AvgIpc) is 2.49. The molecule has 1 fully saturated rings. The molecule has 0 saturated carbocycles. The third-order valence-corrected chi connectivity index (χ3v) is 5.34. The number of halogens is 1. The van der Waals surface area contributed by atoms with Gasteiger partial charge in [0, 0.05) is 18.8 Å². The summed E-state index contributed by atoms with van der Waals surface area (Å²) in [7, 11) is -3.48. The van der Waals surface area contributed by atoms with Crippen LogP contribution in [0, 0.1) is 11.8 Å². The molecule has 1 saturated heterocycles. The first kappa shape index (κ1) is 16.1. The standard InChI is InChI=1S/C14H17ClN2O3S/c15-13-4-3-11(2-1-7-16)10-14(13)17-21(18,19)12-5-8-20-9-6-12/h3-4,10,12,17H,5-9,16H2. The zero-order valence-electron chi connectivity index (χ0n) is 11.4. The van der Waals surface area contributed by atoms with Crippen molar-refractivity contribution in [1.82, 2.24) is 0 Å². The van der Waals surface area contributed by atoms with E-state index in [9.17, 15) is 8.42 Å². The Kier molecular flexibility index (Phi) is 5.48. The number of ether oxygens (including phenoxy) is 1. The smallest absolute Gasteiger partial charge is 0.235 e. The molecule has 1 aromatic carbocycles. The van der Waals surface area contributed by atoms with Gasteiger partial charge in [0.25, 0.3) is 0 Å². The number of hydrogen-bond acceptors (Lipinski definition) is 4. The fourth-order valence-electron chi connectivity index (χ4n) is 2.06. The molecule has 1 aromatic rings. The maximum Gasteiger partial charge on any atom is 0.235 e. The van der Waals surface area contributed by atoms with Gasteiger partial charge in [0.1, 0.15) is 0 Å². The Bertz CT molecular complexity index is 659. The molecule has 0 bridgehead atoms. The van der Waals surface area contributed by atoms with Gasteiger partial charge >= 0.3 is 0 Å². The van der Waals surface area contributed by atoms with Gasteiger partial charge in [-0.1, -0.05) is 23.4 Å². The summed E-state index contributed by atoms with van der Waals surface area (Å²) in [5.41, 5.74) is 6.32. The van der Waals surface area contributed by atoms with Crippen LogP contribution in [-0.4, -0.2) is 33.4 Å². The number of sulfonamides is 1. The van der Waals surface area contributed by atoms with Crippen LogP contribution in [0.15, 0.2) is 18.2 Å². The number of nitrogens with one attached hydrogen (secondary N) is 1. The van der Waals surface area contributed by atoms with Crippen molar-refractivity contribution in [2.75, 3.05) is 24.5 Å². The quantitative estimate of drug-likeness (QED) is 0.825. The Labute approximate surface area is 129 Å². The molecule has 21 heavy (non-hydrogen) atoms. The lowest BCUT2D eigenvalue weighted by Crippen LogP contribution is -2.33. The predicted octanol–water partition coefficient (Wildman–Crippen LogP) is 1.57. The summed E-state index contributed by atoms with van der Waals surface area (Å²) in [6.07, 6.45) is 0.971. The number of rotatable bonds is 3. The molecule has 5 nitrogen and oxygen atoms in total. The predicted molar refractivity (Wildman–Crippen MR) is 83.8 cm³/mol. The van der Waals surface area contributed by atoms with E-state index in [1.165, 1.54) is 0 Å². The van der Waals surface area contributed by atoms with Crippen LogP contribution in [0.25, 0.3) is 0 Å². The molecule has 114 valence electrons. The summed E-state index contributed by atoms with van der Waals surface area (Å²) in [6, 6.07) is 4.95.